The Bertz CT molecular complexity index is 1370. The van der Waals surface area contributed by atoms with Crippen molar-refractivity contribution in [3.05, 3.63) is 96.6 Å². The SMILES string of the molecule is COC(=O)COc1cccc(N2CC(CCNC(C)c3cccc4ccccc34)Oc3ccccc32)c1. The summed E-state index contributed by atoms with van der Waals surface area (Å²) in [6.45, 7) is 3.63. The number of rotatable bonds is 9. The van der Waals surface area contributed by atoms with E-state index in [1.807, 2.05) is 42.5 Å². The smallest absolute Gasteiger partial charge is 0.343 e. The van der Waals surface area contributed by atoms with Crippen LogP contribution in [0, 0.1) is 0 Å². The quantitative estimate of drug-likeness (QED) is 0.286. The first-order valence-corrected chi connectivity index (χ1v) is 12.7. The number of para-hydroxylation sites is 2. The van der Waals surface area contributed by atoms with Gasteiger partial charge in [-0.25, -0.2) is 4.79 Å². The van der Waals surface area contributed by atoms with Crippen molar-refractivity contribution in [1.82, 2.24) is 5.32 Å². The topological polar surface area (TPSA) is 60.0 Å². The first kappa shape index (κ1) is 24.7. The first-order valence-electron chi connectivity index (χ1n) is 12.7. The Kier molecular flexibility index (Phi) is 7.57. The number of hydrogen-bond donors (Lipinski definition) is 1. The highest BCUT2D eigenvalue weighted by molar-refractivity contribution is 5.86. The molecule has 4 aromatic carbocycles. The van der Waals surface area contributed by atoms with Crippen LogP contribution in [0.15, 0.2) is 91.0 Å². The molecule has 190 valence electrons. The molecule has 0 saturated heterocycles. The van der Waals surface area contributed by atoms with E-state index in [0.29, 0.717) is 12.3 Å². The van der Waals surface area contributed by atoms with Crippen molar-refractivity contribution in [3.63, 3.8) is 0 Å². The third kappa shape index (κ3) is 5.70. The van der Waals surface area contributed by atoms with Gasteiger partial charge in [0.25, 0.3) is 0 Å². The van der Waals surface area contributed by atoms with Crippen LogP contribution in [-0.4, -0.2) is 38.9 Å². The molecule has 2 unspecified atom stereocenters. The zero-order valence-electron chi connectivity index (χ0n) is 21.2. The maximum atomic E-state index is 11.5. The van der Waals surface area contributed by atoms with Crippen molar-refractivity contribution in [2.24, 2.45) is 0 Å². The summed E-state index contributed by atoms with van der Waals surface area (Å²) in [5.74, 6) is 1.07. The van der Waals surface area contributed by atoms with Gasteiger partial charge in [-0.2, -0.15) is 0 Å². The van der Waals surface area contributed by atoms with E-state index in [1.54, 1.807) is 0 Å². The molecule has 37 heavy (non-hydrogen) atoms. The van der Waals surface area contributed by atoms with Crippen LogP contribution in [0.4, 0.5) is 11.4 Å². The molecule has 1 aliphatic rings. The second kappa shape index (κ2) is 11.4. The molecule has 4 aromatic rings. The molecule has 0 spiro atoms. The Balaban J connectivity index is 1.27. The number of nitrogens with one attached hydrogen (secondary N) is 1. The van der Waals surface area contributed by atoms with Gasteiger partial charge in [-0.05, 0) is 60.5 Å². The minimum atomic E-state index is -0.410. The minimum absolute atomic E-state index is 0.0155. The molecule has 0 aromatic heterocycles. The Morgan fingerprint density at radius 3 is 2.70 bits per heavy atom. The normalized spacial score (nSPS) is 15.5. The van der Waals surface area contributed by atoms with Gasteiger partial charge in [-0.3, -0.25) is 0 Å². The van der Waals surface area contributed by atoms with Crippen LogP contribution in [-0.2, 0) is 9.53 Å². The Labute approximate surface area is 217 Å². The van der Waals surface area contributed by atoms with E-state index in [-0.39, 0.29) is 18.8 Å². The predicted octanol–water partition coefficient (Wildman–Crippen LogP) is 6.03. The lowest BCUT2D eigenvalue weighted by Crippen LogP contribution is -2.39. The summed E-state index contributed by atoms with van der Waals surface area (Å²) in [6.07, 6.45) is 0.875. The summed E-state index contributed by atoms with van der Waals surface area (Å²) in [5.41, 5.74) is 3.31. The van der Waals surface area contributed by atoms with Crippen molar-refractivity contribution >= 4 is 28.1 Å². The molecule has 0 fully saturated rings. The van der Waals surface area contributed by atoms with E-state index < -0.39 is 5.97 Å². The Morgan fingerprint density at radius 1 is 1.03 bits per heavy atom. The molecule has 0 radical (unpaired) electrons. The van der Waals surface area contributed by atoms with Gasteiger partial charge in [-0.1, -0.05) is 60.7 Å². The largest absolute Gasteiger partial charge is 0.486 e. The van der Waals surface area contributed by atoms with E-state index in [1.165, 1.54) is 23.4 Å². The number of carbonyl (C=O) groups excluding carboxylic acids is 1. The van der Waals surface area contributed by atoms with Gasteiger partial charge in [0.15, 0.2) is 6.61 Å². The van der Waals surface area contributed by atoms with Crippen LogP contribution >= 0.6 is 0 Å². The van der Waals surface area contributed by atoms with Gasteiger partial charge in [0.1, 0.15) is 17.6 Å². The lowest BCUT2D eigenvalue weighted by Gasteiger charge is -2.36. The molecule has 0 aliphatic carbocycles. The molecular formula is C31H32N2O4. The molecule has 2 atom stereocenters. The molecule has 1 aliphatic heterocycles. The number of benzene rings is 4. The Morgan fingerprint density at radius 2 is 1.81 bits per heavy atom. The number of hydrogen-bond acceptors (Lipinski definition) is 6. The summed E-state index contributed by atoms with van der Waals surface area (Å²) < 4.78 is 16.7. The zero-order chi connectivity index (χ0) is 25.6. The number of ether oxygens (including phenoxy) is 3. The maximum Gasteiger partial charge on any atom is 0.343 e. The number of methoxy groups -OCH3 is 1. The van der Waals surface area contributed by atoms with Gasteiger partial charge < -0.3 is 24.4 Å². The van der Waals surface area contributed by atoms with Crippen LogP contribution in [0.25, 0.3) is 10.8 Å². The molecule has 0 saturated carbocycles. The van der Waals surface area contributed by atoms with Crippen molar-refractivity contribution < 1.29 is 19.0 Å². The summed E-state index contributed by atoms with van der Waals surface area (Å²) in [7, 11) is 1.35. The minimum Gasteiger partial charge on any atom is -0.486 e. The second-order valence-electron chi connectivity index (χ2n) is 9.21. The monoisotopic (exact) mass is 496 g/mol. The van der Waals surface area contributed by atoms with Crippen LogP contribution in [0.3, 0.4) is 0 Å². The average Bonchev–Trinajstić information content (AvgIpc) is 2.95. The molecular weight excluding hydrogens is 464 g/mol. The maximum absolute atomic E-state index is 11.5. The molecule has 0 amide bonds. The molecule has 1 N–H and O–H groups in total. The fourth-order valence-corrected chi connectivity index (χ4v) is 4.83. The van der Waals surface area contributed by atoms with Gasteiger partial charge in [0.05, 0.1) is 19.3 Å². The van der Waals surface area contributed by atoms with E-state index >= 15 is 0 Å². The van der Waals surface area contributed by atoms with Crippen molar-refractivity contribution in [2.75, 3.05) is 31.7 Å². The average molecular weight is 497 g/mol. The number of fused-ring (bicyclic) bond motifs is 2. The van der Waals surface area contributed by atoms with Gasteiger partial charge >= 0.3 is 5.97 Å². The number of carbonyl (C=O) groups is 1. The highest BCUT2D eigenvalue weighted by Crippen LogP contribution is 2.39. The van der Waals surface area contributed by atoms with E-state index in [2.05, 4.69) is 70.4 Å². The molecule has 6 nitrogen and oxygen atoms in total. The number of esters is 1. The van der Waals surface area contributed by atoms with Crippen molar-refractivity contribution in [3.8, 4) is 11.5 Å². The van der Waals surface area contributed by atoms with E-state index in [0.717, 1.165) is 30.1 Å². The van der Waals surface area contributed by atoms with Crippen LogP contribution in [0.1, 0.15) is 24.9 Å². The highest BCUT2D eigenvalue weighted by Gasteiger charge is 2.27. The van der Waals surface area contributed by atoms with Crippen LogP contribution in [0.2, 0.25) is 0 Å². The van der Waals surface area contributed by atoms with Gasteiger partial charge in [-0.15, -0.1) is 0 Å². The number of anilines is 2. The zero-order valence-corrected chi connectivity index (χ0v) is 21.2. The van der Waals surface area contributed by atoms with Gasteiger partial charge in [0.2, 0.25) is 0 Å². The van der Waals surface area contributed by atoms with Crippen LogP contribution in [0.5, 0.6) is 11.5 Å². The highest BCUT2D eigenvalue weighted by atomic mass is 16.6. The van der Waals surface area contributed by atoms with Gasteiger partial charge in [0, 0.05) is 17.8 Å². The number of nitrogens with zero attached hydrogens (tertiary/aromatic N) is 1. The van der Waals surface area contributed by atoms with Crippen molar-refractivity contribution in [1.29, 1.82) is 0 Å². The predicted molar refractivity (Wildman–Crippen MR) is 147 cm³/mol. The second-order valence-corrected chi connectivity index (χ2v) is 9.21. The van der Waals surface area contributed by atoms with E-state index in [4.69, 9.17) is 9.47 Å². The summed E-state index contributed by atoms with van der Waals surface area (Å²) in [6, 6.07) is 31.1. The lowest BCUT2D eigenvalue weighted by atomic mass is 9.99. The standard InChI is InChI=1S/C31H32N2O4/c1-22(27-14-7-10-23-9-3-4-13-28(23)27)32-18-17-26-20-33(29-15-5-6-16-30(29)37-26)24-11-8-12-25(19-24)36-21-31(34)35-2/h3-16,19,22,26,32H,17-18,20-21H2,1-2H3. The summed E-state index contributed by atoms with van der Waals surface area (Å²) in [4.78, 5) is 13.8. The lowest BCUT2D eigenvalue weighted by molar-refractivity contribution is -0.142. The van der Waals surface area contributed by atoms with E-state index in [9.17, 15) is 4.79 Å². The van der Waals surface area contributed by atoms with Crippen LogP contribution < -0.4 is 19.7 Å². The third-order valence-electron chi connectivity index (χ3n) is 6.76. The summed E-state index contributed by atoms with van der Waals surface area (Å²) in [5, 5.41) is 6.24. The third-order valence-corrected chi connectivity index (χ3v) is 6.76. The molecule has 0 bridgehead atoms. The molecule has 5 rings (SSSR count). The molecule has 1 heterocycles. The van der Waals surface area contributed by atoms with Crippen molar-refractivity contribution in [2.45, 2.75) is 25.5 Å². The molecule has 6 heteroatoms. The fourth-order valence-electron chi connectivity index (χ4n) is 4.83. The first-order chi connectivity index (χ1) is 18.1. The Hall–Kier alpha value is -4.03. The summed E-state index contributed by atoms with van der Waals surface area (Å²) >= 11 is 0. The fraction of sp³-hybridized carbons (Fsp3) is 0.258.